The van der Waals surface area contributed by atoms with Crippen LogP contribution >= 0.6 is 0 Å². The third kappa shape index (κ3) is 10.9. The number of methoxy groups -OCH3 is 1. The number of benzene rings is 1. The number of hydrogen-bond donors (Lipinski definition) is 0. The highest BCUT2D eigenvalue weighted by Crippen LogP contribution is 2.28. The zero-order valence-electron chi connectivity index (χ0n) is 18.5. The van der Waals surface area contributed by atoms with Crippen molar-refractivity contribution in [1.29, 1.82) is 0 Å². The summed E-state index contributed by atoms with van der Waals surface area (Å²) >= 11 is 0. The highest BCUT2D eigenvalue weighted by atomic mass is 16.6. The van der Waals surface area contributed by atoms with Crippen LogP contribution in [0.5, 0.6) is 0 Å². The molecule has 0 bridgehead atoms. The monoisotopic (exact) mass is 402 g/mol. The number of carbonyl (C=O) groups excluding carboxylic acids is 2. The van der Waals surface area contributed by atoms with Gasteiger partial charge in [0.15, 0.2) is 6.10 Å². The van der Waals surface area contributed by atoms with E-state index in [2.05, 4.69) is 6.92 Å². The van der Waals surface area contributed by atoms with E-state index < -0.39 is 18.0 Å². The van der Waals surface area contributed by atoms with Gasteiger partial charge in [-0.2, -0.15) is 0 Å². The molecule has 0 aliphatic carbocycles. The number of rotatable bonds is 15. The van der Waals surface area contributed by atoms with Crippen LogP contribution in [0.3, 0.4) is 0 Å². The summed E-state index contributed by atoms with van der Waals surface area (Å²) in [5, 5.41) is 0. The second-order valence-electron chi connectivity index (χ2n) is 7.52. The molecule has 0 aromatic heterocycles. The van der Waals surface area contributed by atoms with Crippen LogP contribution in [0.25, 0.3) is 0 Å². The molecule has 0 heterocycles. The van der Waals surface area contributed by atoms with E-state index in [1.165, 1.54) is 65.4 Å². The Balaban J connectivity index is 2.53. The molecule has 1 aromatic carbocycles. The third-order valence-corrected chi connectivity index (χ3v) is 5.01. The van der Waals surface area contributed by atoms with Crippen LogP contribution in [0, 0.1) is 0 Å². The quantitative estimate of drug-likeness (QED) is 0.186. The summed E-state index contributed by atoms with van der Waals surface area (Å²) in [6.45, 7) is 3.60. The zero-order valence-corrected chi connectivity index (χ0v) is 18.5. The second-order valence-corrected chi connectivity index (χ2v) is 7.52. The first-order valence-electron chi connectivity index (χ1n) is 11.1. The molecule has 4 heteroatoms. The summed E-state index contributed by atoms with van der Waals surface area (Å²) < 4.78 is 10.4. The number of carbonyl (C=O) groups is 2. The number of unbranched alkanes of at least 4 members (excludes halogenated alkanes) is 10. The van der Waals surface area contributed by atoms with Crippen LogP contribution in [0.4, 0.5) is 0 Å². The molecule has 0 aliphatic rings. The predicted molar refractivity (Wildman–Crippen MR) is 118 cm³/mol. The molecule has 29 heavy (non-hydrogen) atoms. The van der Waals surface area contributed by atoms with Crippen molar-refractivity contribution in [3.63, 3.8) is 0 Å². The molecule has 0 fully saturated rings. The molecule has 0 amide bonds. The van der Waals surface area contributed by atoms with Crippen molar-refractivity contribution < 1.29 is 19.1 Å². The zero-order chi connectivity index (χ0) is 21.3. The first-order valence-corrected chi connectivity index (χ1v) is 11.1. The van der Waals surface area contributed by atoms with Crippen molar-refractivity contribution in [1.82, 2.24) is 0 Å². The van der Waals surface area contributed by atoms with E-state index in [0.29, 0.717) is 5.57 Å². The van der Waals surface area contributed by atoms with Gasteiger partial charge in [-0.1, -0.05) is 101 Å². The van der Waals surface area contributed by atoms with Gasteiger partial charge in [0.05, 0.1) is 12.7 Å². The van der Waals surface area contributed by atoms with Gasteiger partial charge in [-0.05, 0) is 18.4 Å². The van der Waals surface area contributed by atoms with E-state index in [-0.39, 0.29) is 0 Å². The lowest BCUT2D eigenvalue weighted by atomic mass is 9.99. The molecule has 1 unspecified atom stereocenters. The molecule has 0 spiro atoms. The van der Waals surface area contributed by atoms with Gasteiger partial charge in [-0.3, -0.25) is 4.79 Å². The predicted octanol–water partition coefficient (Wildman–Crippen LogP) is 6.70. The number of ether oxygens (including phenoxy) is 2. The van der Waals surface area contributed by atoms with Crippen LogP contribution in [0.2, 0.25) is 0 Å². The lowest BCUT2D eigenvalue weighted by Crippen LogP contribution is -2.18. The van der Waals surface area contributed by atoms with Gasteiger partial charge < -0.3 is 9.47 Å². The Morgan fingerprint density at radius 1 is 0.897 bits per heavy atom. The molecule has 1 aromatic rings. The van der Waals surface area contributed by atoms with Crippen LogP contribution in [0.1, 0.15) is 96.1 Å². The van der Waals surface area contributed by atoms with Crippen molar-refractivity contribution in [2.75, 3.05) is 7.11 Å². The molecule has 0 saturated heterocycles. The molecule has 0 aliphatic heterocycles. The van der Waals surface area contributed by atoms with Crippen molar-refractivity contribution >= 4 is 11.9 Å². The Labute approximate surface area is 176 Å². The molecule has 1 rings (SSSR count). The summed E-state index contributed by atoms with van der Waals surface area (Å²) in [4.78, 5) is 23.9. The Hall–Kier alpha value is -2.10. The fourth-order valence-electron chi connectivity index (χ4n) is 3.41. The molecule has 162 valence electrons. The molecule has 0 saturated carbocycles. The summed E-state index contributed by atoms with van der Waals surface area (Å²) in [7, 11) is 1.35. The van der Waals surface area contributed by atoms with Crippen molar-refractivity contribution in [2.24, 2.45) is 0 Å². The summed E-state index contributed by atoms with van der Waals surface area (Å²) in [5.74, 6) is -0.875. The van der Waals surface area contributed by atoms with Gasteiger partial charge >= 0.3 is 11.9 Å². The van der Waals surface area contributed by atoms with Gasteiger partial charge in [-0.15, -0.1) is 0 Å². The van der Waals surface area contributed by atoms with Crippen molar-refractivity contribution in [3.05, 3.63) is 47.5 Å². The summed E-state index contributed by atoms with van der Waals surface area (Å²) in [6.07, 6.45) is 14.6. The minimum Gasteiger partial charge on any atom is -0.466 e. The summed E-state index contributed by atoms with van der Waals surface area (Å²) in [6, 6.07) is 9.32. The minimum atomic E-state index is -0.732. The molecular weight excluding hydrogens is 364 g/mol. The fraction of sp³-hybridized carbons (Fsp3) is 0.600. The minimum absolute atomic E-state index is 0.393. The van der Waals surface area contributed by atoms with Crippen LogP contribution < -0.4 is 0 Å². The topological polar surface area (TPSA) is 52.6 Å². The average Bonchev–Trinajstić information content (AvgIpc) is 2.73. The highest BCUT2D eigenvalue weighted by molar-refractivity contribution is 5.90. The molecule has 1 atom stereocenters. The standard InChI is InChI=1S/C25H38O4/c1-4-5-6-7-8-9-10-11-12-13-17-20-23(25(27)28-3)24(29-21(2)26)22-18-15-14-16-19-22/h14-16,18-20,24H,4-13,17H2,1-3H3/b23-20-. The first-order chi connectivity index (χ1) is 14.1. The normalized spacial score (nSPS) is 12.4. The maximum absolute atomic E-state index is 12.3. The third-order valence-electron chi connectivity index (χ3n) is 5.01. The lowest BCUT2D eigenvalue weighted by molar-refractivity contribution is -0.147. The Bertz CT molecular complexity index is 607. The smallest absolute Gasteiger partial charge is 0.337 e. The maximum atomic E-state index is 12.3. The van der Waals surface area contributed by atoms with Gasteiger partial charge in [0.2, 0.25) is 0 Å². The van der Waals surface area contributed by atoms with Gasteiger partial charge in [-0.25, -0.2) is 4.79 Å². The number of esters is 2. The Kier molecular flexibility index (Phi) is 13.6. The maximum Gasteiger partial charge on any atom is 0.337 e. The van der Waals surface area contributed by atoms with E-state index in [1.807, 2.05) is 36.4 Å². The Morgan fingerprint density at radius 3 is 1.97 bits per heavy atom. The van der Waals surface area contributed by atoms with Crippen molar-refractivity contribution in [2.45, 2.75) is 90.6 Å². The fourth-order valence-corrected chi connectivity index (χ4v) is 3.41. The van der Waals surface area contributed by atoms with E-state index >= 15 is 0 Å². The number of hydrogen-bond acceptors (Lipinski definition) is 4. The summed E-state index contributed by atoms with van der Waals surface area (Å²) in [5.41, 5.74) is 1.16. The van der Waals surface area contributed by atoms with Crippen LogP contribution in [-0.4, -0.2) is 19.0 Å². The van der Waals surface area contributed by atoms with E-state index in [1.54, 1.807) is 0 Å². The second kappa shape index (κ2) is 15.8. The van der Waals surface area contributed by atoms with Gasteiger partial charge in [0.25, 0.3) is 0 Å². The molecule has 0 radical (unpaired) electrons. The van der Waals surface area contributed by atoms with Gasteiger partial charge in [0.1, 0.15) is 0 Å². The van der Waals surface area contributed by atoms with Crippen LogP contribution in [0.15, 0.2) is 42.0 Å². The highest BCUT2D eigenvalue weighted by Gasteiger charge is 2.25. The van der Waals surface area contributed by atoms with Gasteiger partial charge in [0, 0.05) is 6.92 Å². The van der Waals surface area contributed by atoms with Crippen molar-refractivity contribution in [3.8, 4) is 0 Å². The first kappa shape index (κ1) is 24.9. The molecule has 4 nitrogen and oxygen atoms in total. The largest absolute Gasteiger partial charge is 0.466 e. The van der Waals surface area contributed by atoms with Crippen LogP contribution in [-0.2, 0) is 19.1 Å². The SMILES string of the molecule is CCCCCCCCCCCC/C=C(\C(=O)OC)C(OC(C)=O)c1ccccc1. The van der Waals surface area contributed by atoms with E-state index in [0.717, 1.165) is 24.8 Å². The van der Waals surface area contributed by atoms with E-state index in [4.69, 9.17) is 9.47 Å². The lowest BCUT2D eigenvalue weighted by Gasteiger charge is -2.19. The molecule has 0 N–H and O–H groups in total. The molecular formula is C25H38O4. The number of allylic oxidation sites excluding steroid dienone is 1. The van der Waals surface area contributed by atoms with E-state index in [9.17, 15) is 9.59 Å². The Morgan fingerprint density at radius 2 is 1.45 bits per heavy atom. The average molecular weight is 403 g/mol.